The number of allylic oxidation sites excluding steroid dienone is 1. The molecule has 3 heteroatoms. The fourth-order valence-corrected chi connectivity index (χ4v) is 8.88. The molecule has 286 valence electrons. The van der Waals surface area contributed by atoms with Crippen LogP contribution in [-0.2, 0) is 0 Å². The summed E-state index contributed by atoms with van der Waals surface area (Å²) >= 11 is 0. The molecule has 0 aliphatic heterocycles. The predicted molar refractivity (Wildman–Crippen MR) is 259 cm³/mol. The quantitative estimate of drug-likeness (QED) is 0.0907. The van der Waals surface area contributed by atoms with Crippen LogP contribution in [0.1, 0.15) is 16.7 Å². The molecule has 0 fully saturated rings. The molecule has 0 radical (unpaired) electrons. The van der Waals surface area contributed by atoms with Gasteiger partial charge in [-0.25, -0.2) is 0 Å². The Morgan fingerprint density at radius 3 is 1.84 bits per heavy atom. The molecule has 0 saturated carbocycles. The molecule has 0 aliphatic rings. The van der Waals surface area contributed by atoms with Gasteiger partial charge in [-0.3, -0.25) is 4.99 Å². The van der Waals surface area contributed by atoms with Crippen molar-refractivity contribution in [2.75, 3.05) is 0 Å². The van der Waals surface area contributed by atoms with Crippen molar-refractivity contribution < 1.29 is 0 Å². The normalized spacial score (nSPS) is 12.0. The first-order valence-corrected chi connectivity index (χ1v) is 20.7. The third-order valence-electron chi connectivity index (χ3n) is 11.9. The van der Waals surface area contributed by atoms with Gasteiger partial charge in [0.25, 0.3) is 0 Å². The van der Waals surface area contributed by atoms with E-state index in [0.29, 0.717) is 11.4 Å². The van der Waals surface area contributed by atoms with E-state index in [0.717, 1.165) is 60.8 Å². The van der Waals surface area contributed by atoms with Crippen LogP contribution in [-0.4, -0.2) is 16.5 Å². The maximum Gasteiger partial charge on any atom is 0.0723 e. The molecule has 0 atom stereocenters. The largest absolute Gasteiger partial charge is 0.309 e. The maximum atomic E-state index is 9.43. The zero-order valence-corrected chi connectivity index (χ0v) is 33.3. The van der Waals surface area contributed by atoms with Crippen molar-refractivity contribution in [3.8, 4) is 27.9 Å². The highest BCUT2D eigenvalue weighted by Gasteiger charge is 2.15. The summed E-state index contributed by atoms with van der Waals surface area (Å²) in [6.45, 7) is 0. The van der Waals surface area contributed by atoms with Crippen LogP contribution < -0.4 is 0 Å². The molecule has 61 heavy (non-hydrogen) atoms. The highest BCUT2D eigenvalue weighted by Crippen LogP contribution is 2.37. The summed E-state index contributed by atoms with van der Waals surface area (Å²) in [6, 6.07) is 77.0. The summed E-state index contributed by atoms with van der Waals surface area (Å²) < 4.78 is 2.35. The minimum Gasteiger partial charge on any atom is -0.309 e. The molecule has 0 bridgehead atoms. The van der Waals surface area contributed by atoms with Crippen molar-refractivity contribution in [1.29, 1.82) is 5.41 Å². The second kappa shape index (κ2) is 15.2. The lowest BCUT2D eigenvalue weighted by molar-refractivity contribution is 1.18. The summed E-state index contributed by atoms with van der Waals surface area (Å²) in [7, 11) is 0. The van der Waals surface area contributed by atoms with E-state index in [-0.39, 0.29) is 0 Å². The standard InChI is InChI=1S/C58H39N3/c59-55(42-28-26-40(27-29-42)39-14-3-1-4-15-39)37-56(60-38-54-49-23-10-8-17-45(49)36-52-48-22-9-7-16-41(48)30-32-50(52)54)46-19-13-18-43(34-46)44-31-33-58-53(35-44)51-24-11-12-25-57(51)61(58)47-20-5-2-6-21-47/h1-38,59H/b56-37-,59-55?,60-38?. The molecule has 3 nitrogen and oxygen atoms in total. The molecule has 1 heterocycles. The number of hydrogen-bond acceptors (Lipinski definition) is 2. The van der Waals surface area contributed by atoms with E-state index in [1.54, 1.807) is 0 Å². The summed E-state index contributed by atoms with van der Waals surface area (Å²) in [5.74, 6) is 0. The van der Waals surface area contributed by atoms with Crippen molar-refractivity contribution in [1.82, 2.24) is 4.57 Å². The topological polar surface area (TPSA) is 41.1 Å². The molecule has 0 amide bonds. The van der Waals surface area contributed by atoms with Crippen LogP contribution in [0.5, 0.6) is 0 Å². The summed E-state index contributed by atoms with van der Waals surface area (Å²) in [5, 5.41) is 18.9. The number of para-hydroxylation sites is 2. The van der Waals surface area contributed by atoms with Gasteiger partial charge in [0.15, 0.2) is 0 Å². The van der Waals surface area contributed by atoms with E-state index in [9.17, 15) is 5.41 Å². The number of rotatable bonds is 8. The van der Waals surface area contributed by atoms with Gasteiger partial charge in [0.1, 0.15) is 0 Å². The van der Waals surface area contributed by atoms with E-state index in [4.69, 9.17) is 4.99 Å². The summed E-state index contributed by atoms with van der Waals surface area (Å²) in [5.41, 5.74) is 11.9. The molecular formula is C58H39N3. The number of nitrogens with zero attached hydrogens (tertiary/aromatic N) is 2. The van der Waals surface area contributed by atoms with Crippen molar-refractivity contribution in [2.45, 2.75) is 0 Å². The van der Waals surface area contributed by atoms with Gasteiger partial charge < -0.3 is 9.98 Å². The third kappa shape index (κ3) is 6.59. The van der Waals surface area contributed by atoms with E-state index in [1.165, 1.54) is 38.0 Å². The van der Waals surface area contributed by atoms with Crippen molar-refractivity contribution >= 4 is 71.7 Å². The SMILES string of the molecule is N=C(/C=C(\N=Cc1c2ccccc2cc2c1ccc1ccccc12)c1cccc(-c2ccc3c(c2)c2ccccc2n3-c2ccccc2)c1)c1ccc(-c2ccccc2)cc1. The highest BCUT2D eigenvalue weighted by atomic mass is 15.0. The molecule has 1 aromatic heterocycles. The van der Waals surface area contributed by atoms with Gasteiger partial charge in [0.2, 0.25) is 0 Å². The second-order valence-electron chi connectivity index (χ2n) is 15.5. The van der Waals surface area contributed by atoms with Crippen LogP contribution in [0.4, 0.5) is 0 Å². The summed E-state index contributed by atoms with van der Waals surface area (Å²) in [4.78, 5) is 5.33. The fourth-order valence-electron chi connectivity index (χ4n) is 8.88. The van der Waals surface area contributed by atoms with Gasteiger partial charge in [-0.1, -0.05) is 176 Å². The van der Waals surface area contributed by atoms with Gasteiger partial charge in [-0.05, 0) is 109 Å². The third-order valence-corrected chi connectivity index (χ3v) is 11.9. The maximum absolute atomic E-state index is 9.43. The van der Waals surface area contributed by atoms with Gasteiger partial charge in [-0.15, -0.1) is 0 Å². The minimum atomic E-state index is 0.390. The molecule has 0 aliphatic carbocycles. The molecule has 1 N–H and O–H groups in total. The number of benzene rings is 10. The Hall–Kier alpha value is -8.14. The van der Waals surface area contributed by atoms with E-state index in [2.05, 4.69) is 205 Å². The van der Waals surface area contributed by atoms with E-state index in [1.807, 2.05) is 30.5 Å². The number of aromatic nitrogens is 1. The number of fused-ring (bicyclic) bond motifs is 7. The Balaban J connectivity index is 1.05. The fraction of sp³-hybridized carbons (Fsp3) is 0. The van der Waals surface area contributed by atoms with Crippen LogP contribution in [0.3, 0.4) is 0 Å². The Kier molecular flexibility index (Phi) is 8.98. The van der Waals surface area contributed by atoms with Gasteiger partial charge >= 0.3 is 0 Å². The zero-order chi connectivity index (χ0) is 40.7. The van der Waals surface area contributed by atoms with E-state index < -0.39 is 0 Å². The molecule has 11 aromatic rings. The molecule has 0 spiro atoms. The zero-order valence-electron chi connectivity index (χ0n) is 33.3. The number of aliphatic imine (C=N–C) groups is 1. The van der Waals surface area contributed by atoms with Crippen LogP contribution >= 0.6 is 0 Å². The minimum absolute atomic E-state index is 0.390. The first kappa shape index (κ1) is 36.0. The van der Waals surface area contributed by atoms with Crippen LogP contribution in [0, 0.1) is 5.41 Å². The first-order chi connectivity index (χ1) is 30.2. The van der Waals surface area contributed by atoms with Crippen LogP contribution in [0.25, 0.3) is 87.8 Å². The monoisotopic (exact) mass is 777 g/mol. The number of hydrogen-bond donors (Lipinski definition) is 1. The lowest BCUT2D eigenvalue weighted by Crippen LogP contribution is -1.97. The van der Waals surface area contributed by atoms with Crippen molar-refractivity contribution in [2.24, 2.45) is 4.99 Å². The Bertz CT molecular complexity index is 3520. The summed E-state index contributed by atoms with van der Waals surface area (Å²) in [6.07, 6.45) is 3.92. The first-order valence-electron chi connectivity index (χ1n) is 20.7. The van der Waals surface area contributed by atoms with Crippen LogP contribution in [0.2, 0.25) is 0 Å². The smallest absolute Gasteiger partial charge is 0.0723 e. The van der Waals surface area contributed by atoms with Crippen LogP contribution in [0.15, 0.2) is 229 Å². The Labute approximate surface area is 354 Å². The van der Waals surface area contributed by atoms with Gasteiger partial charge in [0, 0.05) is 33.8 Å². The lowest BCUT2D eigenvalue weighted by atomic mass is 9.94. The second-order valence-corrected chi connectivity index (χ2v) is 15.5. The molecule has 10 aromatic carbocycles. The number of nitrogens with one attached hydrogen (secondary N) is 1. The average Bonchev–Trinajstić information content (AvgIpc) is 3.66. The predicted octanol–water partition coefficient (Wildman–Crippen LogP) is 15.1. The van der Waals surface area contributed by atoms with Gasteiger partial charge in [-0.2, -0.15) is 0 Å². The Morgan fingerprint density at radius 1 is 0.393 bits per heavy atom. The average molecular weight is 778 g/mol. The van der Waals surface area contributed by atoms with Gasteiger partial charge in [0.05, 0.1) is 22.4 Å². The Morgan fingerprint density at radius 2 is 1.02 bits per heavy atom. The van der Waals surface area contributed by atoms with Crippen molar-refractivity contribution in [3.63, 3.8) is 0 Å². The van der Waals surface area contributed by atoms with Crippen molar-refractivity contribution in [3.05, 3.63) is 241 Å². The molecule has 0 unspecified atom stereocenters. The molecule has 11 rings (SSSR count). The lowest BCUT2D eigenvalue weighted by Gasteiger charge is -2.12. The molecule has 0 saturated heterocycles. The molecular weight excluding hydrogens is 739 g/mol. The highest BCUT2D eigenvalue weighted by molar-refractivity contribution is 6.21. The van der Waals surface area contributed by atoms with E-state index >= 15 is 0 Å².